The lowest BCUT2D eigenvalue weighted by Gasteiger charge is -2.08. The van der Waals surface area contributed by atoms with Crippen LogP contribution in [-0.2, 0) is 0 Å². The number of hydrogen-bond donors (Lipinski definition) is 2. The van der Waals surface area contributed by atoms with Crippen molar-refractivity contribution in [1.29, 1.82) is 0 Å². The van der Waals surface area contributed by atoms with E-state index in [0.29, 0.717) is 12.4 Å². The Kier molecular flexibility index (Phi) is 13.6. The van der Waals surface area contributed by atoms with E-state index in [2.05, 4.69) is 6.92 Å². The van der Waals surface area contributed by atoms with Gasteiger partial charge in [-0.1, -0.05) is 90.4 Å². The summed E-state index contributed by atoms with van der Waals surface area (Å²) in [5, 5.41) is 18.1. The van der Waals surface area contributed by atoms with Gasteiger partial charge in [0, 0.05) is 0 Å². The van der Waals surface area contributed by atoms with Crippen molar-refractivity contribution in [3.8, 4) is 5.75 Å². The number of ether oxygens (including phenoxy) is 1. The number of benzene rings is 1. The predicted octanol–water partition coefficient (Wildman–Crippen LogP) is 6.94. The molecule has 5 heteroatoms. The zero-order valence-electron chi connectivity index (χ0n) is 18.0. The van der Waals surface area contributed by atoms with Crippen LogP contribution in [0.1, 0.15) is 118 Å². The number of hydrogen-bond acceptors (Lipinski definition) is 3. The Hall–Kier alpha value is -2.04. The maximum Gasteiger partial charge on any atom is 0.335 e. The molecule has 0 aliphatic rings. The molecule has 0 saturated heterocycles. The molecule has 0 aromatic heterocycles. The number of unbranched alkanes of at least 4 members (excludes halogenated alkanes) is 13. The summed E-state index contributed by atoms with van der Waals surface area (Å²) in [7, 11) is 0. The van der Waals surface area contributed by atoms with E-state index in [4.69, 9.17) is 14.9 Å². The van der Waals surface area contributed by atoms with E-state index in [1.807, 2.05) is 0 Å². The van der Waals surface area contributed by atoms with Gasteiger partial charge in [-0.15, -0.1) is 0 Å². The van der Waals surface area contributed by atoms with Crippen LogP contribution in [0, 0.1) is 0 Å². The van der Waals surface area contributed by atoms with Crippen molar-refractivity contribution in [1.82, 2.24) is 0 Å². The first-order chi connectivity index (χ1) is 14.0. The lowest BCUT2D eigenvalue weighted by atomic mass is 10.0. The first kappa shape index (κ1) is 25.0. The summed E-state index contributed by atoms with van der Waals surface area (Å²) in [5.74, 6) is -2.01. The van der Waals surface area contributed by atoms with E-state index in [1.54, 1.807) is 0 Å². The number of carbonyl (C=O) groups is 2. The average molecular weight is 407 g/mol. The standard InChI is InChI=1S/C24H38O5/c1-2-3-4-5-6-7-8-9-10-11-12-13-14-15-16-29-22-18-20(23(25)26)17-21(19-22)24(27)28/h17-19H,2-16H2,1H3,(H,25,26)(H,27,28). The Morgan fingerprint density at radius 3 is 1.41 bits per heavy atom. The molecule has 1 aromatic carbocycles. The minimum Gasteiger partial charge on any atom is -0.494 e. The van der Waals surface area contributed by atoms with Crippen LogP contribution < -0.4 is 4.74 Å². The van der Waals surface area contributed by atoms with Gasteiger partial charge in [-0.05, 0) is 24.6 Å². The van der Waals surface area contributed by atoms with E-state index < -0.39 is 11.9 Å². The zero-order chi connectivity index (χ0) is 21.3. The number of aromatic carboxylic acids is 2. The SMILES string of the molecule is CCCCCCCCCCCCCCCCOc1cc(C(=O)O)cc(C(=O)O)c1. The van der Waals surface area contributed by atoms with Gasteiger partial charge in [0.15, 0.2) is 0 Å². The third kappa shape index (κ3) is 12.2. The van der Waals surface area contributed by atoms with Crippen molar-refractivity contribution >= 4 is 11.9 Å². The van der Waals surface area contributed by atoms with Crippen molar-refractivity contribution in [2.45, 2.75) is 96.8 Å². The molecule has 164 valence electrons. The maximum absolute atomic E-state index is 11.1. The molecule has 2 N–H and O–H groups in total. The van der Waals surface area contributed by atoms with Gasteiger partial charge in [0.25, 0.3) is 0 Å². The van der Waals surface area contributed by atoms with Crippen LogP contribution in [0.25, 0.3) is 0 Å². The number of carboxylic acids is 2. The summed E-state index contributed by atoms with van der Waals surface area (Å²) in [4.78, 5) is 22.2. The Morgan fingerprint density at radius 2 is 1.03 bits per heavy atom. The highest BCUT2D eigenvalue weighted by Gasteiger charge is 2.12. The van der Waals surface area contributed by atoms with Gasteiger partial charge in [0.1, 0.15) is 5.75 Å². The molecule has 0 radical (unpaired) electrons. The summed E-state index contributed by atoms with van der Waals surface area (Å²) in [6.45, 7) is 2.73. The molecule has 0 fully saturated rings. The molecule has 1 rings (SSSR count). The van der Waals surface area contributed by atoms with E-state index in [1.165, 1.54) is 89.2 Å². The van der Waals surface area contributed by atoms with E-state index in [9.17, 15) is 9.59 Å². The molecule has 1 aromatic rings. The molecule has 0 aliphatic carbocycles. The molecule has 0 atom stereocenters. The Balaban J connectivity index is 2.03. The maximum atomic E-state index is 11.1. The topological polar surface area (TPSA) is 83.8 Å². The van der Waals surface area contributed by atoms with Gasteiger partial charge < -0.3 is 14.9 Å². The van der Waals surface area contributed by atoms with Gasteiger partial charge in [0.05, 0.1) is 17.7 Å². The molecule has 0 unspecified atom stereocenters. The second-order valence-electron chi connectivity index (χ2n) is 7.80. The van der Waals surface area contributed by atoms with Crippen LogP contribution >= 0.6 is 0 Å². The number of carboxylic acid groups (broad SMARTS) is 2. The predicted molar refractivity (Wildman–Crippen MR) is 116 cm³/mol. The summed E-state index contributed by atoms with van der Waals surface area (Å²) in [6, 6.07) is 3.89. The van der Waals surface area contributed by atoms with Crippen molar-refractivity contribution < 1.29 is 24.5 Å². The quantitative estimate of drug-likeness (QED) is 0.258. The molecule has 0 bridgehead atoms. The fraction of sp³-hybridized carbons (Fsp3) is 0.667. The van der Waals surface area contributed by atoms with Crippen LogP contribution in [-0.4, -0.2) is 28.8 Å². The van der Waals surface area contributed by atoms with Gasteiger partial charge in [-0.25, -0.2) is 9.59 Å². The molecular weight excluding hydrogens is 368 g/mol. The molecule has 0 aliphatic heterocycles. The molecule has 0 saturated carbocycles. The van der Waals surface area contributed by atoms with Crippen LogP contribution in [0.15, 0.2) is 18.2 Å². The summed E-state index contributed by atoms with van der Waals surface area (Å²) in [5.41, 5.74) is -0.137. The van der Waals surface area contributed by atoms with E-state index in [-0.39, 0.29) is 11.1 Å². The Labute approximate surface area is 175 Å². The largest absolute Gasteiger partial charge is 0.494 e. The zero-order valence-corrected chi connectivity index (χ0v) is 18.0. The van der Waals surface area contributed by atoms with Gasteiger partial charge in [-0.2, -0.15) is 0 Å². The molecule has 0 heterocycles. The summed E-state index contributed by atoms with van der Waals surface area (Å²) in [6.07, 6.45) is 18.0. The third-order valence-corrected chi connectivity index (χ3v) is 5.17. The number of rotatable bonds is 18. The Bertz CT molecular complexity index is 565. The second-order valence-corrected chi connectivity index (χ2v) is 7.80. The lowest BCUT2D eigenvalue weighted by Crippen LogP contribution is -2.05. The van der Waals surface area contributed by atoms with Gasteiger partial charge in [0.2, 0.25) is 0 Å². The van der Waals surface area contributed by atoms with Crippen molar-refractivity contribution in [2.75, 3.05) is 6.61 Å². The van der Waals surface area contributed by atoms with E-state index in [0.717, 1.165) is 18.9 Å². The molecule has 5 nitrogen and oxygen atoms in total. The Morgan fingerprint density at radius 1 is 0.655 bits per heavy atom. The first-order valence-electron chi connectivity index (χ1n) is 11.3. The monoisotopic (exact) mass is 406 g/mol. The second kappa shape index (κ2) is 15.8. The highest BCUT2D eigenvalue weighted by atomic mass is 16.5. The molecular formula is C24H38O5. The van der Waals surface area contributed by atoms with Gasteiger partial charge in [-0.3, -0.25) is 0 Å². The fourth-order valence-corrected chi connectivity index (χ4v) is 3.42. The van der Waals surface area contributed by atoms with Crippen molar-refractivity contribution in [3.05, 3.63) is 29.3 Å². The van der Waals surface area contributed by atoms with Crippen LogP contribution in [0.3, 0.4) is 0 Å². The van der Waals surface area contributed by atoms with Crippen LogP contribution in [0.4, 0.5) is 0 Å². The lowest BCUT2D eigenvalue weighted by molar-refractivity contribution is 0.0696. The summed E-state index contributed by atoms with van der Waals surface area (Å²) < 4.78 is 5.57. The minimum atomic E-state index is -1.16. The average Bonchev–Trinajstić information content (AvgIpc) is 2.70. The molecule has 0 amide bonds. The molecule has 29 heavy (non-hydrogen) atoms. The van der Waals surface area contributed by atoms with E-state index >= 15 is 0 Å². The highest BCUT2D eigenvalue weighted by Crippen LogP contribution is 2.19. The summed E-state index contributed by atoms with van der Waals surface area (Å²) >= 11 is 0. The van der Waals surface area contributed by atoms with Crippen molar-refractivity contribution in [2.24, 2.45) is 0 Å². The van der Waals surface area contributed by atoms with Crippen molar-refractivity contribution in [3.63, 3.8) is 0 Å². The third-order valence-electron chi connectivity index (χ3n) is 5.17. The fourth-order valence-electron chi connectivity index (χ4n) is 3.42. The minimum absolute atomic E-state index is 0.0686. The normalized spacial score (nSPS) is 10.8. The highest BCUT2D eigenvalue weighted by molar-refractivity contribution is 5.94. The first-order valence-corrected chi connectivity index (χ1v) is 11.3. The smallest absolute Gasteiger partial charge is 0.335 e. The molecule has 0 spiro atoms. The van der Waals surface area contributed by atoms with Crippen LogP contribution in [0.2, 0.25) is 0 Å². The van der Waals surface area contributed by atoms with Gasteiger partial charge >= 0.3 is 11.9 Å². The van der Waals surface area contributed by atoms with Crippen LogP contribution in [0.5, 0.6) is 5.75 Å².